The van der Waals surface area contributed by atoms with Gasteiger partial charge in [0.1, 0.15) is 11.6 Å². The minimum Gasteiger partial charge on any atom is -0.378 e. The van der Waals surface area contributed by atoms with Gasteiger partial charge in [-0.3, -0.25) is 19.6 Å². The van der Waals surface area contributed by atoms with Crippen LogP contribution < -0.4 is 10.6 Å². The van der Waals surface area contributed by atoms with Gasteiger partial charge < -0.3 is 20.1 Å². The Kier molecular flexibility index (Phi) is 6.17. The first-order valence-corrected chi connectivity index (χ1v) is 10.6. The molecule has 3 atom stereocenters. The number of ether oxygens (including phenoxy) is 2. The predicted octanol–water partition coefficient (Wildman–Crippen LogP) is 0.465. The van der Waals surface area contributed by atoms with Gasteiger partial charge >= 0.3 is 0 Å². The van der Waals surface area contributed by atoms with Crippen LogP contribution in [0, 0.1) is 0 Å². The number of aromatic amines is 1. The summed E-state index contributed by atoms with van der Waals surface area (Å²) in [6.07, 6.45) is 4.96. The third-order valence-corrected chi connectivity index (χ3v) is 6.31. The van der Waals surface area contributed by atoms with E-state index < -0.39 is 5.54 Å². The van der Waals surface area contributed by atoms with Crippen molar-refractivity contribution in [2.75, 3.05) is 26.8 Å². The van der Waals surface area contributed by atoms with E-state index in [-0.39, 0.29) is 24.0 Å². The Balaban J connectivity index is 1.37. The monoisotopic (exact) mass is 405 g/mol. The summed E-state index contributed by atoms with van der Waals surface area (Å²) in [4.78, 5) is 28.0. The fraction of sp³-hybridized carbons (Fsp3) is 0.750. The minimum atomic E-state index is -0.540. The van der Waals surface area contributed by atoms with Crippen molar-refractivity contribution in [2.24, 2.45) is 0 Å². The molecule has 0 unspecified atom stereocenters. The number of H-pyrrole nitrogens is 1. The van der Waals surface area contributed by atoms with Crippen molar-refractivity contribution in [3.63, 3.8) is 0 Å². The lowest BCUT2D eigenvalue weighted by Crippen LogP contribution is -2.57. The molecule has 3 aliphatic heterocycles. The maximum Gasteiger partial charge on any atom is 0.249 e. The van der Waals surface area contributed by atoms with Crippen molar-refractivity contribution in [1.29, 1.82) is 0 Å². The molecule has 1 aromatic rings. The van der Waals surface area contributed by atoms with Crippen molar-refractivity contribution in [2.45, 2.75) is 69.4 Å². The molecule has 3 aliphatic rings. The van der Waals surface area contributed by atoms with Crippen molar-refractivity contribution < 1.29 is 19.1 Å². The van der Waals surface area contributed by atoms with Crippen LogP contribution >= 0.6 is 0 Å². The van der Waals surface area contributed by atoms with E-state index in [4.69, 9.17) is 9.47 Å². The highest BCUT2D eigenvalue weighted by molar-refractivity contribution is 5.87. The van der Waals surface area contributed by atoms with E-state index in [0.717, 1.165) is 50.0 Å². The number of hydrogen-bond donors (Lipinski definition) is 3. The number of methoxy groups -OCH3 is 1. The van der Waals surface area contributed by atoms with Crippen molar-refractivity contribution in [1.82, 2.24) is 25.7 Å². The molecule has 0 radical (unpaired) electrons. The van der Waals surface area contributed by atoms with Gasteiger partial charge in [0, 0.05) is 26.3 Å². The molecular weight excluding hydrogens is 374 g/mol. The highest BCUT2D eigenvalue weighted by Crippen LogP contribution is 2.38. The van der Waals surface area contributed by atoms with E-state index in [1.807, 2.05) is 6.07 Å². The summed E-state index contributed by atoms with van der Waals surface area (Å²) in [7, 11) is 1.63. The SMILES string of the molecule is COCc1cc(CNC(=O)[C@@]23CCCCN2C[C@@H](NC(=O)[C@@H]2CCCO2)C3)[nH]n1. The number of carbonyl (C=O) groups excluding carboxylic acids is 2. The summed E-state index contributed by atoms with van der Waals surface area (Å²) >= 11 is 0. The smallest absolute Gasteiger partial charge is 0.249 e. The van der Waals surface area contributed by atoms with Crippen molar-refractivity contribution >= 4 is 11.8 Å². The zero-order valence-corrected chi connectivity index (χ0v) is 17.0. The van der Waals surface area contributed by atoms with Gasteiger partial charge in [-0.1, -0.05) is 0 Å². The Bertz CT molecular complexity index is 732. The maximum absolute atomic E-state index is 13.2. The lowest BCUT2D eigenvalue weighted by atomic mass is 9.84. The molecule has 9 heteroatoms. The van der Waals surface area contributed by atoms with Crippen LogP contribution in [0.4, 0.5) is 0 Å². The quantitative estimate of drug-likeness (QED) is 0.608. The lowest BCUT2D eigenvalue weighted by molar-refractivity contribution is -0.134. The van der Waals surface area contributed by atoms with Gasteiger partial charge in [0.25, 0.3) is 0 Å². The molecule has 2 amide bonds. The third-order valence-electron chi connectivity index (χ3n) is 6.31. The normalized spacial score (nSPS) is 29.6. The first-order valence-electron chi connectivity index (χ1n) is 10.6. The molecule has 3 N–H and O–H groups in total. The number of aromatic nitrogens is 2. The Hall–Kier alpha value is -1.97. The van der Waals surface area contributed by atoms with Gasteiger partial charge in [-0.2, -0.15) is 5.10 Å². The minimum absolute atomic E-state index is 0.0176. The van der Waals surface area contributed by atoms with Gasteiger partial charge in [0.2, 0.25) is 11.8 Å². The van der Waals surface area contributed by atoms with E-state index in [0.29, 0.717) is 32.7 Å². The van der Waals surface area contributed by atoms with E-state index in [9.17, 15) is 9.59 Å². The van der Waals surface area contributed by atoms with E-state index in [1.54, 1.807) is 7.11 Å². The Morgan fingerprint density at radius 1 is 1.41 bits per heavy atom. The van der Waals surface area contributed by atoms with E-state index in [2.05, 4.69) is 25.7 Å². The van der Waals surface area contributed by atoms with Crippen molar-refractivity contribution in [3.05, 3.63) is 17.5 Å². The van der Waals surface area contributed by atoms with Gasteiger partial charge in [0.05, 0.1) is 24.5 Å². The largest absolute Gasteiger partial charge is 0.378 e. The highest BCUT2D eigenvalue weighted by atomic mass is 16.5. The van der Waals surface area contributed by atoms with Crippen LogP contribution in [0.2, 0.25) is 0 Å². The highest BCUT2D eigenvalue weighted by Gasteiger charge is 2.52. The van der Waals surface area contributed by atoms with E-state index in [1.165, 1.54) is 0 Å². The van der Waals surface area contributed by atoms with Crippen LogP contribution in [0.15, 0.2) is 6.07 Å². The predicted molar refractivity (Wildman–Crippen MR) is 105 cm³/mol. The number of nitrogens with one attached hydrogen (secondary N) is 3. The molecule has 0 aromatic carbocycles. The molecule has 0 aliphatic carbocycles. The number of rotatable bonds is 7. The van der Waals surface area contributed by atoms with Crippen LogP contribution in [0.25, 0.3) is 0 Å². The molecular formula is C20H31N5O4. The second-order valence-corrected chi connectivity index (χ2v) is 8.35. The summed E-state index contributed by atoms with van der Waals surface area (Å²) in [5, 5.41) is 13.3. The fourth-order valence-electron chi connectivity index (χ4n) is 4.91. The summed E-state index contributed by atoms with van der Waals surface area (Å²) in [6, 6.07) is 1.88. The van der Waals surface area contributed by atoms with Crippen LogP contribution in [-0.4, -0.2) is 71.4 Å². The summed E-state index contributed by atoms with van der Waals surface area (Å²) in [5.41, 5.74) is 1.12. The lowest BCUT2D eigenvalue weighted by Gasteiger charge is -2.40. The van der Waals surface area contributed by atoms with Crippen LogP contribution in [0.5, 0.6) is 0 Å². The summed E-state index contributed by atoms with van der Waals surface area (Å²) in [5.74, 6) is -0.00000517. The molecule has 0 bridgehead atoms. The zero-order valence-electron chi connectivity index (χ0n) is 17.0. The molecule has 0 spiro atoms. The fourth-order valence-corrected chi connectivity index (χ4v) is 4.91. The number of amides is 2. The second-order valence-electron chi connectivity index (χ2n) is 8.35. The van der Waals surface area contributed by atoms with Gasteiger partial charge in [0.15, 0.2) is 0 Å². The average Bonchev–Trinajstić information content (AvgIpc) is 3.46. The van der Waals surface area contributed by atoms with Crippen LogP contribution in [0.1, 0.15) is 49.9 Å². The van der Waals surface area contributed by atoms with Gasteiger partial charge in [-0.25, -0.2) is 0 Å². The number of piperidine rings is 1. The standard InChI is InChI=1S/C20H31N5O4/c1-28-13-15-9-14(23-24-15)11-21-19(27)20-6-2-3-7-25(20)12-16(10-20)22-18(26)17-5-4-8-29-17/h9,16-17H,2-8,10-13H2,1H3,(H,21,27)(H,22,26)(H,23,24)/t16-,17-,20-/m0/s1. The summed E-state index contributed by atoms with van der Waals surface area (Å²) < 4.78 is 10.6. The van der Waals surface area contributed by atoms with E-state index >= 15 is 0 Å². The van der Waals surface area contributed by atoms with Gasteiger partial charge in [-0.15, -0.1) is 0 Å². The summed E-state index contributed by atoms with van der Waals surface area (Å²) in [6.45, 7) is 3.10. The number of nitrogens with zero attached hydrogens (tertiary/aromatic N) is 2. The second kappa shape index (κ2) is 8.81. The number of fused-ring (bicyclic) bond motifs is 1. The topological polar surface area (TPSA) is 109 Å². The van der Waals surface area contributed by atoms with Crippen molar-refractivity contribution in [3.8, 4) is 0 Å². The van der Waals surface area contributed by atoms with Crippen LogP contribution in [-0.2, 0) is 32.2 Å². The van der Waals surface area contributed by atoms with Crippen LogP contribution in [0.3, 0.4) is 0 Å². The molecule has 0 saturated carbocycles. The maximum atomic E-state index is 13.2. The molecule has 3 saturated heterocycles. The average molecular weight is 405 g/mol. The molecule has 4 rings (SSSR count). The Morgan fingerprint density at radius 2 is 2.31 bits per heavy atom. The molecule has 9 nitrogen and oxygen atoms in total. The molecule has 1 aromatic heterocycles. The first-order chi connectivity index (χ1) is 14.1. The molecule has 160 valence electrons. The number of carbonyl (C=O) groups is 2. The first kappa shape index (κ1) is 20.3. The Labute approximate surface area is 170 Å². The molecule has 3 fully saturated rings. The number of hydrogen-bond acceptors (Lipinski definition) is 6. The Morgan fingerprint density at radius 3 is 3.10 bits per heavy atom. The molecule has 4 heterocycles. The molecule has 29 heavy (non-hydrogen) atoms. The third kappa shape index (κ3) is 4.31. The zero-order chi connectivity index (χ0) is 20.3. The van der Waals surface area contributed by atoms with Gasteiger partial charge in [-0.05, 0) is 51.1 Å².